The Hall–Kier alpha value is -2.62. The zero-order valence-corrected chi connectivity index (χ0v) is 17.3. The molecule has 1 aromatic heterocycles. The second kappa shape index (κ2) is 9.73. The van der Waals surface area contributed by atoms with Crippen LogP contribution in [0.3, 0.4) is 0 Å². The van der Waals surface area contributed by atoms with E-state index < -0.39 is 6.61 Å². The van der Waals surface area contributed by atoms with Gasteiger partial charge in [-0.25, -0.2) is 4.98 Å². The number of thiazole rings is 1. The topological polar surface area (TPSA) is 77.0 Å². The molecule has 3 rings (SSSR count). The van der Waals surface area contributed by atoms with Crippen LogP contribution in [0.15, 0.2) is 23.3 Å². The smallest absolute Gasteiger partial charge is 0.387 e. The summed E-state index contributed by atoms with van der Waals surface area (Å²) in [5.41, 5.74) is 0.509. The third kappa shape index (κ3) is 5.93. The van der Waals surface area contributed by atoms with Crippen LogP contribution in [0, 0.1) is 5.92 Å². The highest BCUT2D eigenvalue weighted by atomic mass is 32.1. The van der Waals surface area contributed by atoms with Gasteiger partial charge in [-0.1, -0.05) is 13.8 Å². The maximum Gasteiger partial charge on any atom is 0.387 e. The van der Waals surface area contributed by atoms with Gasteiger partial charge in [0.2, 0.25) is 6.79 Å². The molecule has 10 heteroatoms. The summed E-state index contributed by atoms with van der Waals surface area (Å²) in [6.07, 6.45) is 2.81. The summed E-state index contributed by atoms with van der Waals surface area (Å²) in [6.45, 7) is 2.23. The van der Waals surface area contributed by atoms with Crippen LogP contribution in [-0.4, -0.2) is 31.4 Å². The molecule has 0 spiro atoms. The van der Waals surface area contributed by atoms with Gasteiger partial charge in [0.25, 0.3) is 0 Å². The number of ether oxygens (including phenoxy) is 3. The van der Waals surface area contributed by atoms with Gasteiger partial charge in [-0.2, -0.15) is 8.78 Å². The molecule has 0 saturated carbocycles. The van der Waals surface area contributed by atoms with E-state index in [4.69, 9.17) is 9.47 Å². The zero-order chi connectivity index (χ0) is 20.8. The average molecular weight is 426 g/mol. The number of aliphatic imine (C=N–C) groups is 1. The molecule has 1 aromatic carbocycles. The molecule has 29 heavy (non-hydrogen) atoms. The Morgan fingerprint density at radius 2 is 1.97 bits per heavy atom. The Morgan fingerprint density at radius 1 is 1.24 bits per heavy atom. The summed E-state index contributed by atoms with van der Waals surface area (Å²) >= 11 is 1.66. The van der Waals surface area contributed by atoms with Crippen LogP contribution in [-0.2, 0) is 19.5 Å². The molecule has 2 N–H and O–H groups in total. The van der Waals surface area contributed by atoms with Crippen molar-refractivity contribution in [3.63, 3.8) is 0 Å². The molecule has 0 aliphatic carbocycles. The van der Waals surface area contributed by atoms with E-state index in [0.29, 0.717) is 35.5 Å². The maximum absolute atomic E-state index is 12.8. The molecule has 0 radical (unpaired) electrons. The van der Waals surface area contributed by atoms with Crippen LogP contribution < -0.4 is 24.8 Å². The van der Waals surface area contributed by atoms with Crippen LogP contribution >= 0.6 is 11.3 Å². The molecule has 0 fully saturated rings. The minimum absolute atomic E-state index is 0.0352. The van der Waals surface area contributed by atoms with E-state index in [1.165, 1.54) is 6.07 Å². The summed E-state index contributed by atoms with van der Waals surface area (Å²) in [6, 6.07) is 3.04. The Balaban J connectivity index is 1.60. The third-order valence-corrected chi connectivity index (χ3v) is 5.08. The van der Waals surface area contributed by atoms with E-state index in [0.717, 1.165) is 16.3 Å². The van der Waals surface area contributed by atoms with Gasteiger partial charge in [-0.05, 0) is 12.0 Å². The van der Waals surface area contributed by atoms with Crippen LogP contribution in [0.1, 0.15) is 29.3 Å². The SMILES string of the molecule is CN=C(NCc1cnc(CC(C)C)s1)NCc1cc2c(cc1OC(F)F)OCO2. The summed E-state index contributed by atoms with van der Waals surface area (Å²) in [5, 5.41) is 7.41. The molecule has 0 unspecified atom stereocenters. The van der Waals surface area contributed by atoms with Crippen molar-refractivity contribution in [3.8, 4) is 17.2 Å². The van der Waals surface area contributed by atoms with E-state index in [-0.39, 0.29) is 19.1 Å². The van der Waals surface area contributed by atoms with Gasteiger partial charge < -0.3 is 24.8 Å². The van der Waals surface area contributed by atoms with Gasteiger partial charge in [-0.15, -0.1) is 11.3 Å². The lowest BCUT2D eigenvalue weighted by Gasteiger charge is -2.15. The second-order valence-electron chi connectivity index (χ2n) is 6.79. The summed E-state index contributed by atoms with van der Waals surface area (Å²) < 4.78 is 40.7. The van der Waals surface area contributed by atoms with Crippen molar-refractivity contribution in [3.05, 3.63) is 33.8 Å². The number of halogens is 2. The van der Waals surface area contributed by atoms with E-state index >= 15 is 0 Å². The molecular weight excluding hydrogens is 402 g/mol. The number of nitrogens with zero attached hydrogens (tertiary/aromatic N) is 2. The Labute approximate surface area is 172 Å². The lowest BCUT2D eigenvalue weighted by molar-refractivity contribution is -0.0505. The third-order valence-electron chi connectivity index (χ3n) is 4.06. The van der Waals surface area contributed by atoms with E-state index in [2.05, 4.69) is 39.2 Å². The first kappa shape index (κ1) is 21.1. The number of hydrogen-bond acceptors (Lipinski definition) is 6. The number of benzene rings is 1. The first-order valence-corrected chi connectivity index (χ1v) is 10.0. The minimum Gasteiger partial charge on any atom is -0.454 e. The largest absolute Gasteiger partial charge is 0.454 e. The van der Waals surface area contributed by atoms with E-state index in [1.54, 1.807) is 24.5 Å². The Morgan fingerprint density at radius 3 is 2.66 bits per heavy atom. The zero-order valence-electron chi connectivity index (χ0n) is 16.5. The maximum atomic E-state index is 12.8. The van der Waals surface area contributed by atoms with Crippen LogP contribution in [0.5, 0.6) is 17.2 Å². The molecule has 7 nitrogen and oxygen atoms in total. The van der Waals surface area contributed by atoms with Gasteiger partial charge in [0.1, 0.15) is 5.75 Å². The lowest BCUT2D eigenvalue weighted by atomic mass is 10.1. The molecule has 1 aliphatic heterocycles. The predicted octanol–water partition coefficient (Wildman–Crippen LogP) is 3.54. The van der Waals surface area contributed by atoms with Crippen LogP contribution in [0.25, 0.3) is 0 Å². The van der Waals surface area contributed by atoms with Crippen molar-refractivity contribution in [1.82, 2.24) is 15.6 Å². The predicted molar refractivity (Wildman–Crippen MR) is 107 cm³/mol. The number of hydrogen-bond donors (Lipinski definition) is 2. The van der Waals surface area contributed by atoms with Crippen molar-refractivity contribution < 1.29 is 23.0 Å². The molecule has 2 heterocycles. The average Bonchev–Trinajstić information content (AvgIpc) is 3.29. The number of guanidine groups is 1. The number of rotatable bonds is 8. The highest BCUT2D eigenvalue weighted by molar-refractivity contribution is 7.11. The fourth-order valence-corrected chi connectivity index (χ4v) is 3.83. The molecule has 0 bridgehead atoms. The number of fused-ring (bicyclic) bond motifs is 1. The fourth-order valence-electron chi connectivity index (χ4n) is 2.75. The van der Waals surface area contributed by atoms with Gasteiger partial charge in [0, 0.05) is 42.7 Å². The van der Waals surface area contributed by atoms with E-state index in [1.807, 2.05) is 6.20 Å². The molecule has 2 aromatic rings. The molecule has 158 valence electrons. The second-order valence-corrected chi connectivity index (χ2v) is 7.99. The summed E-state index contributed by atoms with van der Waals surface area (Å²) in [7, 11) is 1.64. The first-order valence-electron chi connectivity index (χ1n) is 9.20. The lowest BCUT2D eigenvalue weighted by Crippen LogP contribution is -2.36. The van der Waals surface area contributed by atoms with Crippen LogP contribution in [0.4, 0.5) is 8.78 Å². The van der Waals surface area contributed by atoms with Crippen molar-refractivity contribution in [2.75, 3.05) is 13.8 Å². The Bertz CT molecular complexity index is 858. The molecule has 0 amide bonds. The van der Waals surface area contributed by atoms with Crippen molar-refractivity contribution in [1.29, 1.82) is 0 Å². The highest BCUT2D eigenvalue weighted by Crippen LogP contribution is 2.38. The quantitative estimate of drug-likeness (QED) is 0.497. The van der Waals surface area contributed by atoms with Gasteiger partial charge in [0.05, 0.1) is 11.6 Å². The number of aromatic nitrogens is 1. The number of nitrogens with one attached hydrogen (secondary N) is 2. The van der Waals surface area contributed by atoms with E-state index in [9.17, 15) is 8.78 Å². The molecule has 1 aliphatic rings. The standard InChI is InChI=1S/C19H24F2N4O3S/c1-11(2)4-17-23-8-13(29-17)9-25-19(22-3)24-7-12-5-15-16(27-10-26-15)6-14(12)28-18(20)21/h5-6,8,11,18H,4,7,9-10H2,1-3H3,(H2,22,24,25). The normalized spacial score (nSPS) is 13.3. The van der Waals surface area contributed by atoms with Crippen LogP contribution in [0.2, 0.25) is 0 Å². The van der Waals surface area contributed by atoms with Crippen molar-refractivity contribution in [2.24, 2.45) is 10.9 Å². The molecule has 0 atom stereocenters. The summed E-state index contributed by atoms with van der Waals surface area (Å²) in [5.74, 6) is 2.00. The van der Waals surface area contributed by atoms with Gasteiger partial charge >= 0.3 is 6.61 Å². The number of alkyl halides is 2. The fraction of sp³-hybridized carbons (Fsp3) is 0.474. The summed E-state index contributed by atoms with van der Waals surface area (Å²) in [4.78, 5) is 9.69. The van der Waals surface area contributed by atoms with Crippen molar-refractivity contribution >= 4 is 17.3 Å². The monoisotopic (exact) mass is 426 g/mol. The minimum atomic E-state index is -2.93. The first-order chi connectivity index (χ1) is 13.9. The van der Waals surface area contributed by atoms with Gasteiger partial charge in [-0.3, -0.25) is 4.99 Å². The van der Waals surface area contributed by atoms with Gasteiger partial charge in [0.15, 0.2) is 17.5 Å². The Kier molecular flexibility index (Phi) is 7.08. The molecule has 0 saturated heterocycles. The van der Waals surface area contributed by atoms with Crippen molar-refractivity contribution in [2.45, 2.75) is 40.0 Å². The molecular formula is C19H24F2N4O3S. The highest BCUT2D eigenvalue weighted by Gasteiger charge is 2.20.